The van der Waals surface area contributed by atoms with Crippen LogP contribution in [-0.4, -0.2) is 30.8 Å². The summed E-state index contributed by atoms with van der Waals surface area (Å²) in [6, 6.07) is 17.7. The van der Waals surface area contributed by atoms with Gasteiger partial charge in [-0.2, -0.15) is 0 Å². The average Bonchev–Trinajstić information content (AvgIpc) is 3.09. The van der Waals surface area contributed by atoms with Crippen molar-refractivity contribution in [3.63, 3.8) is 0 Å². The Labute approximate surface area is 160 Å². The van der Waals surface area contributed by atoms with E-state index in [-0.39, 0.29) is 0 Å². The number of rotatable bonds is 5. The van der Waals surface area contributed by atoms with E-state index in [1.807, 2.05) is 24.5 Å². The second kappa shape index (κ2) is 7.19. The molecule has 1 aliphatic rings. The highest BCUT2D eigenvalue weighted by molar-refractivity contribution is 7.90. The zero-order valence-corrected chi connectivity index (χ0v) is 16.2. The molecule has 0 spiro atoms. The van der Waals surface area contributed by atoms with E-state index in [0.717, 1.165) is 37.3 Å². The fourth-order valence-corrected chi connectivity index (χ4v) is 4.60. The van der Waals surface area contributed by atoms with Gasteiger partial charge in [-0.3, -0.25) is 0 Å². The molecular weight excluding hydrogens is 358 g/mol. The first-order valence-corrected chi connectivity index (χ1v) is 11.0. The quantitative estimate of drug-likeness (QED) is 0.682. The van der Waals surface area contributed by atoms with Gasteiger partial charge in [-0.1, -0.05) is 42.5 Å². The van der Waals surface area contributed by atoms with Gasteiger partial charge in [0.2, 0.25) is 0 Å². The van der Waals surface area contributed by atoms with Gasteiger partial charge in [-0.15, -0.1) is 0 Å². The fourth-order valence-electron chi connectivity index (χ4n) is 3.69. The number of aryl methyl sites for hydroxylation is 2. The van der Waals surface area contributed by atoms with E-state index < -0.39 is 9.84 Å². The predicted molar refractivity (Wildman–Crippen MR) is 107 cm³/mol. The zero-order chi connectivity index (χ0) is 18.9. The molecule has 2 heterocycles. The van der Waals surface area contributed by atoms with Gasteiger partial charge in [-0.25, -0.2) is 13.4 Å². The monoisotopic (exact) mass is 381 g/mol. The van der Waals surface area contributed by atoms with Crippen LogP contribution in [-0.2, 0) is 35.8 Å². The van der Waals surface area contributed by atoms with Crippen molar-refractivity contribution in [1.82, 2.24) is 9.55 Å². The van der Waals surface area contributed by atoms with Gasteiger partial charge < -0.3 is 9.47 Å². The molecule has 2 aromatic carbocycles. The summed E-state index contributed by atoms with van der Waals surface area (Å²) in [5.74, 6) is 0. The molecule has 0 saturated carbocycles. The summed E-state index contributed by atoms with van der Waals surface area (Å²) in [7, 11) is -3.26. The third-order valence-corrected chi connectivity index (χ3v) is 6.23. The van der Waals surface area contributed by atoms with Crippen molar-refractivity contribution in [2.45, 2.75) is 30.8 Å². The van der Waals surface area contributed by atoms with E-state index in [9.17, 15) is 8.42 Å². The molecule has 27 heavy (non-hydrogen) atoms. The van der Waals surface area contributed by atoms with E-state index in [2.05, 4.69) is 38.7 Å². The summed E-state index contributed by atoms with van der Waals surface area (Å²) >= 11 is 0. The number of para-hydroxylation sites is 1. The number of aromatic nitrogens is 2. The van der Waals surface area contributed by atoms with Crippen molar-refractivity contribution in [3.05, 3.63) is 77.9 Å². The van der Waals surface area contributed by atoms with Crippen molar-refractivity contribution in [3.8, 4) is 0 Å². The Hall–Kier alpha value is -2.60. The lowest BCUT2D eigenvalue weighted by Gasteiger charge is -2.30. The minimum Gasteiger partial charge on any atom is -0.364 e. The van der Waals surface area contributed by atoms with E-state index in [1.54, 1.807) is 12.1 Å². The van der Waals surface area contributed by atoms with Gasteiger partial charge in [0.25, 0.3) is 0 Å². The molecule has 0 saturated heterocycles. The molecule has 0 fully saturated rings. The number of benzene rings is 2. The summed E-state index contributed by atoms with van der Waals surface area (Å²) in [5, 5.41) is 0. The molecule has 0 N–H and O–H groups in total. The number of hydrogen-bond donors (Lipinski definition) is 0. The molecule has 0 bridgehead atoms. The van der Waals surface area contributed by atoms with Crippen LogP contribution in [0.3, 0.4) is 0 Å². The van der Waals surface area contributed by atoms with E-state index in [1.165, 1.54) is 17.5 Å². The number of nitrogens with zero attached hydrogens (tertiary/aromatic N) is 3. The highest BCUT2D eigenvalue weighted by Crippen LogP contribution is 2.29. The topological polar surface area (TPSA) is 55.2 Å². The molecule has 0 radical (unpaired) electrons. The highest BCUT2D eigenvalue weighted by atomic mass is 32.2. The molecule has 1 aliphatic heterocycles. The van der Waals surface area contributed by atoms with Crippen LogP contribution in [0.1, 0.15) is 17.0 Å². The van der Waals surface area contributed by atoms with Crippen molar-refractivity contribution in [1.29, 1.82) is 0 Å². The standard InChI is InChI=1S/C21H23N3O2S/c1-27(25,26)21-10-6-5-9-20(21)23-14-12-19-18(15-23)22-16-24(19)13-11-17-7-3-2-4-8-17/h2-10,16H,11-15H2,1H3. The Balaban J connectivity index is 1.53. The Morgan fingerprint density at radius 2 is 1.78 bits per heavy atom. The summed E-state index contributed by atoms with van der Waals surface area (Å²) in [5.41, 5.74) is 4.39. The van der Waals surface area contributed by atoms with Crippen LogP contribution in [0.4, 0.5) is 5.69 Å². The summed E-state index contributed by atoms with van der Waals surface area (Å²) in [6.07, 6.45) is 5.02. The lowest BCUT2D eigenvalue weighted by atomic mass is 10.1. The lowest BCUT2D eigenvalue weighted by molar-refractivity contribution is 0.599. The molecule has 6 heteroatoms. The molecule has 1 aromatic heterocycles. The van der Waals surface area contributed by atoms with Crippen LogP contribution in [0.5, 0.6) is 0 Å². The molecule has 0 aliphatic carbocycles. The summed E-state index contributed by atoms with van der Waals surface area (Å²) < 4.78 is 26.5. The molecule has 4 rings (SSSR count). The molecule has 0 amide bonds. The molecule has 140 valence electrons. The summed E-state index contributed by atoms with van der Waals surface area (Å²) in [4.78, 5) is 7.11. The Morgan fingerprint density at radius 3 is 2.56 bits per heavy atom. The Kier molecular flexibility index (Phi) is 4.74. The first kappa shape index (κ1) is 17.8. The minimum absolute atomic E-state index is 0.386. The number of imidazole rings is 1. The van der Waals surface area contributed by atoms with Crippen LogP contribution in [0.15, 0.2) is 65.8 Å². The molecule has 3 aromatic rings. The molecular formula is C21H23N3O2S. The van der Waals surface area contributed by atoms with Gasteiger partial charge in [0.1, 0.15) is 0 Å². The van der Waals surface area contributed by atoms with Crippen LogP contribution < -0.4 is 4.90 Å². The second-order valence-electron chi connectivity index (χ2n) is 6.98. The van der Waals surface area contributed by atoms with Crippen molar-refractivity contribution in [2.24, 2.45) is 0 Å². The number of anilines is 1. The largest absolute Gasteiger partial charge is 0.364 e. The summed E-state index contributed by atoms with van der Waals surface area (Å²) in [6.45, 7) is 2.34. The van der Waals surface area contributed by atoms with E-state index in [0.29, 0.717) is 11.4 Å². The number of hydrogen-bond acceptors (Lipinski definition) is 4. The molecule has 5 nitrogen and oxygen atoms in total. The van der Waals surface area contributed by atoms with Crippen molar-refractivity contribution < 1.29 is 8.42 Å². The first-order chi connectivity index (χ1) is 13.0. The maximum Gasteiger partial charge on any atom is 0.177 e. The fraction of sp³-hybridized carbons (Fsp3) is 0.286. The average molecular weight is 382 g/mol. The molecule has 0 atom stereocenters. The van der Waals surface area contributed by atoms with Gasteiger partial charge in [0.15, 0.2) is 9.84 Å². The maximum absolute atomic E-state index is 12.1. The van der Waals surface area contributed by atoms with Gasteiger partial charge in [0, 0.05) is 31.5 Å². The third kappa shape index (κ3) is 3.76. The van der Waals surface area contributed by atoms with E-state index >= 15 is 0 Å². The van der Waals surface area contributed by atoms with Gasteiger partial charge in [0.05, 0.1) is 29.1 Å². The van der Waals surface area contributed by atoms with Crippen LogP contribution in [0.25, 0.3) is 0 Å². The normalized spacial score (nSPS) is 14.2. The van der Waals surface area contributed by atoms with Crippen LogP contribution in [0.2, 0.25) is 0 Å². The highest BCUT2D eigenvalue weighted by Gasteiger charge is 2.24. The van der Waals surface area contributed by atoms with Gasteiger partial charge in [-0.05, 0) is 24.1 Å². The smallest absolute Gasteiger partial charge is 0.177 e. The number of fused-ring (bicyclic) bond motifs is 1. The zero-order valence-electron chi connectivity index (χ0n) is 15.4. The lowest BCUT2D eigenvalue weighted by Crippen LogP contribution is -2.32. The van der Waals surface area contributed by atoms with Crippen LogP contribution in [0, 0.1) is 0 Å². The maximum atomic E-state index is 12.1. The van der Waals surface area contributed by atoms with Crippen molar-refractivity contribution >= 4 is 15.5 Å². The van der Waals surface area contributed by atoms with Crippen LogP contribution >= 0.6 is 0 Å². The Morgan fingerprint density at radius 1 is 1.04 bits per heavy atom. The van der Waals surface area contributed by atoms with Gasteiger partial charge >= 0.3 is 0 Å². The van der Waals surface area contributed by atoms with Crippen molar-refractivity contribution in [2.75, 3.05) is 17.7 Å². The SMILES string of the molecule is CS(=O)(=O)c1ccccc1N1CCc2c(ncn2CCc2ccccc2)C1. The van der Waals surface area contributed by atoms with E-state index in [4.69, 9.17) is 0 Å². The number of sulfone groups is 1. The predicted octanol–water partition coefficient (Wildman–Crippen LogP) is 3.09. The minimum atomic E-state index is -3.26. The Bertz CT molecular complexity index is 1040. The third-order valence-electron chi connectivity index (χ3n) is 5.08. The molecule has 0 unspecified atom stereocenters. The second-order valence-corrected chi connectivity index (χ2v) is 8.96. The first-order valence-electron chi connectivity index (χ1n) is 9.13.